The zero-order valence-corrected chi connectivity index (χ0v) is 24.2. The van der Waals surface area contributed by atoms with E-state index in [1.54, 1.807) is 0 Å². The molecule has 0 fully saturated rings. The van der Waals surface area contributed by atoms with Gasteiger partial charge in [-0.1, -0.05) is 127 Å². The maximum atomic E-state index is 5.15. The summed E-state index contributed by atoms with van der Waals surface area (Å²) in [6.07, 6.45) is 2.02. The molecule has 9 aromatic rings. The summed E-state index contributed by atoms with van der Waals surface area (Å²) in [5.74, 6) is 0.718. The number of nitrogens with zero attached hydrogens (tertiary/aromatic N) is 5. The number of hydrogen-bond acceptors (Lipinski definition) is 4. The fraction of sp³-hybridized carbons (Fsp3) is 0. The Bertz CT molecular complexity index is 2520. The van der Waals surface area contributed by atoms with Crippen molar-refractivity contribution in [1.29, 1.82) is 0 Å². The number of rotatable bonds is 4. The van der Waals surface area contributed by atoms with E-state index >= 15 is 0 Å². The lowest BCUT2D eigenvalue weighted by Gasteiger charge is -2.10. The molecule has 0 amide bonds. The van der Waals surface area contributed by atoms with Crippen molar-refractivity contribution in [2.75, 3.05) is 0 Å². The molecule has 0 aliphatic heterocycles. The van der Waals surface area contributed by atoms with Crippen LogP contribution in [0.4, 0.5) is 0 Å². The van der Waals surface area contributed by atoms with Crippen LogP contribution in [0.1, 0.15) is 0 Å². The van der Waals surface area contributed by atoms with Gasteiger partial charge in [0.25, 0.3) is 0 Å². The second-order valence-electron chi connectivity index (χ2n) is 11.2. The first kappa shape index (κ1) is 25.3. The van der Waals surface area contributed by atoms with Gasteiger partial charge in [-0.2, -0.15) is 0 Å². The highest BCUT2D eigenvalue weighted by atomic mass is 15.1. The van der Waals surface area contributed by atoms with E-state index in [4.69, 9.17) is 19.9 Å². The van der Waals surface area contributed by atoms with Gasteiger partial charge >= 0.3 is 0 Å². The fourth-order valence-corrected chi connectivity index (χ4v) is 6.21. The number of para-hydroxylation sites is 1. The van der Waals surface area contributed by atoms with Gasteiger partial charge in [0, 0.05) is 39.0 Å². The Balaban J connectivity index is 1.08. The normalized spacial score (nSPS) is 11.6. The molecule has 5 aromatic carbocycles. The lowest BCUT2D eigenvalue weighted by atomic mass is 9.99. The third kappa shape index (κ3) is 4.25. The fourth-order valence-electron chi connectivity index (χ4n) is 6.21. The molecule has 0 N–H and O–H groups in total. The minimum Gasteiger partial charge on any atom is -0.284 e. The first-order valence-electron chi connectivity index (χ1n) is 15.0. The highest BCUT2D eigenvalue weighted by Gasteiger charge is 2.15. The molecular formula is C40H25N5. The molecule has 0 saturated carbocycles. The second-order valence-corrected chi connectivity index (χ2v) is 11.2. The lowest BCUT2D eigenvalue weighted by Crippen LogP contribution is -1.95. The molecule has 5 heteroatoms. The van der Waals surface area contributed by atoms with Crippen molar-refractivity contribution in [2.24, 2.45) is 0 Å². The summed E-state index contributed by atoms with van der Waals surface area (Å²) in [6, 6.07) is 50.1. The predicted octanol–water partition coefficient (Wildman–Crippen LogP) is 9.65. The molecule has 4 heterocycles. The van der Waals surface area contributed by atoms with Crippen molar-refractivity contribution in [3.8, 4) is 45.0 Å². The Labute approximate surface area is 259 Å². The molecule has 0 unspecified atom stereocenters. The zero-order chi connectivity index (χ0) is 29.7. The average molecular weight is 576 g/mol. The van der Waals surface area contributed by atoms with Crippen molar-refractivity contribution in [3.05, 3.63) is 152 Å². The Morgan fingerprint density at radius 1 is 0.378 bits per heavy atom. The van der Waals surface area contributed by atoms with Crippen LogP contribution < -0.4 is 0 Å². The van der Waals surface area contributed by atoms with Crippen LogP contribution in [0.2, 0.25) is 0 Å². The number of fused-ring (bicyclic) bond motifs is 6. The highest BCUT2D eigenvalue weighted by Crippen LogP contribution is 2.34. The molecule has 0 radical (unpaired) electrons. The third-order valence-corrected chi connectivity index (χ3v) is 8.44. The Hall–Kier alpha value is -6.20. The molecule has 0 aliphatic carbocycles. The monoisotopic (exact) mass is 575 g/mol. The number of imidazole rings is 1. The Kier molecular flexibility index (Phi) is 5.74. The first-order chi connectivity index (χ1) is 22.3. The summed E-state index contributed by atoms with van der Waals surface area (Å²) in [7, 11) is 0. The van der Waals surface area contributed by atoms with Crippen molar-refractivity contribution < 1.29 is 0 Å². The summed E-state index contributed by atoms with van der Waals surface area (Å²) in [5.41, 5.74) is 10.9. The van der Waals surface area contributed by atoms with Crippen LogP contribution in [-0.4, -0.2) is 24.3 Å². The number of aromatic nitrogens is 5. The first-order valence-corrected chi connectivity index (χ1v) is 15.0. The van der Waals surface area contributed by atoms with Gasteiger partial charge < -0.3 is 0 Å². The molecular weight excluding hydrogens is 550 g/mol. The van der Waals surface area contributed by atoms with E-state index in [0.717, 1.165) is 83.5 Å². The van der Waals surface area contributed by atoms with Gasteiger partial charge in [0.15, 0.2) is 11.5 Å². The molecule has 0 aliphatic rings. The van der Waals surface area contributed by atoms with Crippen molar-refractivity contribution in [3.63, 3.8) is 0 Å². The predicted molar refractivity (Wildman–Crippen MR) is 183 cm³/mol. The van der Waals surface area contributed by atoms with Crippen LogP contribution >= 0.6 is 0 Å². The lowest BCUT2D eigenvalue weighted by molar-refractivity contribution is 1.19. The van der Waals surface area contributed by atoms with E-state index < -0.39 is 0 Å². The topological polar surface area (TPSA) is 56.0 Å². The van der Waals surface area contributed by atoms with Gasteiger partial charge in [-0.25, -0.2) is 19.9 Å². The molecule has 0 spiro atoms. The minimum atomic E-state index is 0.718. The quantitative estimate of drug-likeness (QED) is 0.210. The summed E-state index contributed by atoms with van der Waals surface area (Å²) in [6.45, 7) is 0. The Morgan fingerprint density at radius 3 is 1.73 bits per heavy atom. The maximum Gasteiger partial charge on any atom is 0.165 e. The van der Waals surface area contributed by atoms with E-state index in [0.29, 0.717) is 0 Å². The van der Waals surface area contributed by atoms with Crippen molar-refractivity contribution in [1.82, 2.24) is 24.3 Å². The molecule has 0 bridgehead atoms. The van der Waals surface area contributed by atoms with Gasteiger partial charge in [0.05, 0.1) is 16.9 Å². The number of benzene rings is 5. The van der Waals surface area contributed by atoms with Crippen LogP contribution in [0.5, 0.6) is 0 Å². The van der Waals surface area contributed by atoms with Gasteiger partial charge in [-0.05, 0) is 29.3 Å². The molecule has 4 aromatic heterocycles. The maximum absolute atomic E-state index is 5.15. The molecule has 5 nitrogen and oxygen atoms in total. The largest absolute Gasteiger partial charge is 0.284 e. The Morgan fingerprint density at radius 2 is 0.956 bits per heavy atom. The van der Waals surface area contributed by atoms with Gasteiger partial charge in [-0.3, -0.25) is 4.40 Å². The summed E-state index contributed by atoms with van der Waals surface area (Å²) < 4.78 is 2.06. The van der Waals surface area contributed by atoms with Crippen molar-refractivity contribution >= 4 is 38.5 Å². The van der Waals surface area contributed by atoms with Crippen LogP contribution in [0.25, 0.3) is 83.5 Å². The summed E-state index contributed by atoms with van der Waals surface area (Å²) in [5, 5.41) is 3.25. The number of hydrogen-bond donors (Lipinski definition) is 0. The van der Waals surface area contributed by atoms with Crippen LogP contribution in [-0.2, 0) is 0 Å². The summed E-state index contributed by atoms with van der Waals surface area (Å²) >= 11 is 0. The molecule has 0 saturated heterocycles. The second kappa shape index (κ2) is 10.2. The smallest absolute Gasteiger partial charge is 0.165 e. The molecule has 45 heavy (non-hydrogen) atoms. The van der Waals surface area contributed by atoms with E-state index in [9.17, 15) is 0 Å². The van der Waals surface area contributed by atoms with Gasteiger partial charge in [0.2, 0.25) is 0 Å². The SMILES string of the molecule is c1ccc(-c2nc(-c3ccc(-c4ccc(-c5nc6c(nc7ccccn76)c6ccccc56)cc4)cc3)nc3ccccc23)cc1. The van der Waals surface area contributed by atoms with Crippen LogP contribution in [0, 0.1) is 0 Å². The van der Waals surface area contributed by atoms with E-state index in [1.165, 1.54) is 0 Å². The zero-order valence-electron chi connectivity index (χ0n) is 24.2. The van der Waals surface area contributed by atoms with E-state index in [1.807, 2.05) is 60.8 Å². The summed E-state index contributed by atoms with van der Waals surface area (Å²) in [4.78, 5) is 20.0. The number of pyridine rings is 2. The highest BCUT2D eigenvalue weighted by molar-refractivity contribution is 6.09. The van der Waals surface area contributed by atoms with Crippen LogP contribution in [0.15, 0.2) is 152 Å². The van der Waals surface area contributed by atoms with Gasteiger partial charge in [-0.15, -0.1) is 0 Å². The van der Waals surface area contributed by atoms with E-state index in [-0.39, 0.29) is 0 Å². The van der Waals surface area contributed by atoms with Gasteiger partial charge in [0.1, 0.15) is 11.2 Å². The van der Waals surface area contributed by atoms with Crippen molar-refractivity contribution in [2.45, 2.75) is 0 Å². The van der Waals surface area contributed by atoms with Crippen LogP contribution in [0.3, 0.4) is 0 Å². The molecule has 9 rings (SSSR count). The average Bonchev–Trinajstić information content (AvgIpc) is 3.50. The van der Waals surface area contributed by atoms with E-state index in [2.05, 4.69) is 95.4 Å². The molecule has 210 valence electrons. The third-order valence-electron chi connectivity index (χ3n) is 8.44. The standard InChI is InChI=1S/C40H25N5/c1-2-10-28(11-3-1)37-33-14-6-7-15-34(33)41-39(43-37)30-23-19-27(20-24-30)26-17-21-29(22-18-26)36-31-12-4-5-13-32(31)38-40(44-36)45-25-9-8-16-35(45)42-38/h1-25H. The molecule has 0 atom stereocenters. The minimum absolute atomic E-state index is 0.718.